The van der Waals surface area contributed by atoms with Crippen molar-refractivity contribution in [2.75, 3.05) is 7.11 Å². The molecule has 6 heteroatoms. The number of aromatic hydroxyl groups is 1. The lowest BCUT2D eigenvalue weighted by Gasteiger charge is -2.12. The van der Waals surface area contributed by atoms with Gasteiger partial charge in [0.1, 0.15) is 5.75 Å². The van der Waals surface area contributed by atoms with Gasteiger partial charge < -0.3 is 14.6 Å². The molecule has 6 nitrogen and oxygen atoms in total. The number of nitrogens with zero attached hydrogens (tertiary/aromatic N) is 1. The van der Waals surface area contributed by atoms with Crippen LogP contribution in [0.25, 0.3) is 0 Å². The summed E-state index contributed by atoms with van der Waals surface area (Å²) in [6, 6.07) is 11.7. The lowest BCUT2D eigenvalue weighted by atomic mass is 10.2. The molecule has 2 aromatic rings. The van der Waals surface area contributed by atoms with Crippen molar-refractivity contribution in [3.05, 3.63) is 53.6 Å². The van der Waals surface area contributed by atoms with Crippen molar-refractivity contribution in [1.29, 1.82) is 0 Å². The van der Waals surface area contributed by atoms with Gasteiger partial charge in [-0.15, -0.1) is 0 Å². The molecule has 24 heavy (non-hydrogen) atoms. The van der Waals surface area contributed by atoms with Crippen LogP contribution in [0.5, 0.6) is 17.2 Å². The summed E-state index contributed by atoms with van der Waals surface area (Å²) in [6.45, 7) is 3.79. The molecule has 0 fully saturated rings. The average Bonchev–Trinajstić information content (AvgIpc) is 2.56. The van der Waals surface area contributed by atoms with Crippen LogP contribution in [0.3, 0.4) is 0 Å². The summed E-state index contributed by atoms with van der Waals surface area (Å²) in [5, 5.41) is 13.5. The number of hydrazone groups is 1. The van der Waals surface area contributed by atoms with Gasteiger partial charge in [-0.25, -0.2) is 5.43 Å². The molecule has 0 aliphatic carbocycles. The quantitative estimate of drug-likeness (QED) is 0.631. The molecule has 0 aliphatic heterocycles. The van der Waals surface area contributed by atoms with Crippen LogP contribution in [0.2, 0.25) is 0 Å². The van der Waals surface area contributed by atoms with E-state index < -0.39 is 0 Å². The number of phenolic OH excluding ortho intramolecular Hbond substituents is 1. The maximum absolute atomic E-state index is 12.2. The summed E-state index contributed by atoms with van der Waals surface area (Å²) in [5.74, 6) is 0.513. The van der Waals surface area contributed by atoms with Crippen LogP contribution in [0.15, 0.2) is 47.6 Å². The number of rotatable bonds is 6. The molecule has 1 amide bonds. The van der Waals surface area contributed by atoms with E-state index in [0.29, 0.717) is 22.6 Å². The summed E-state index contributed by atoms with van der Waals surface area (Å²) >= 11 is 0. The Kier molecular flexibility index (Phi) is 5.78. The first-order valence-electron chi connectivity index (χ1n) is 7.47. The standard InChI is InChI=1S/C18H20N2O4/c1-12(2)24-16-7-5-4-6-14(16)18(22)20-19-11-13-8-9-15(21)17(10-13)23-3/h4-12,21H,1-3H3,(H,20,22). The van der Waals surface area contributed by atoms with Gasteiger partial charge in [0.25, 0.3) is 5.91 Å². The molecular weight excluding hydrogens is 308 g/mol. The second kappa shape index (κ2) is 8.01. The van der Waals surface area contributed by atoms with Crippen molar-refractivity contribution in [3.63, 3.8) is 0 Å². The fraction of sp³-hybridized carbons (Fsp3) is 0.222. The fourth-order valence-electron chi connectivity index (χ4n) is 2.01. The number of nitrogens with one attached hydrogen (secondary N) is 1. The third-order valence-electron chi connectivity index (χ3n) is 3.08. The Balaban J connectivity index is 2.08. The SMILES string of the molecule is COc1cc(C=NNC(=O)c2ccccc2OC(C)C)ccc1O. The molecule has 2 aromatic carbocycles. The first-order valence-corrected chi connectivity index (χ1v) is 7.47. The van der Waals surface area contributed by atoms with Gasteiger partial charge in [-0.2, -0.15) is 5.10 Å². The van der Waals surface area contributed by atoms with E-state index in [0.717, 1.165) is 0 Å². The highest BCUT2D eigenvalue weighted by molar-refractivity contribution is 5.97. The van der Waals surface area contributed by atoms with Crippen LogP contribution in [-0.4, -0.2) is 30.4 Å². The smallest absolute Gasteiger partial charge is 0.275 e. The summed E-state index contributed by atoms with van der Waals surface area (Å²) in [6.07, 6.45) is 1.43. The Bertz CT molecular complexity index is 742. The Morgan fingerprint density at radius 1 is 1.21 bits per heavy atom. The summed E-state index contributed by atoms with van der Waals surface area (Å²) in [5.41, 5.74) is 3.55. The van der Waals surface area contributed by atoms with Crippen LogP contribution in [0.4, 0.5) is 0 Å². The Morgan fingerprint density at radius 2 is 1.96 bits per heavy atom. The van der Waals surface area contributed by atoms with Gasteiger partial charge in [0.05, 0.1) is 25.0 Å². The van der Waals surface area contributed by atoms with Crippen molar-refractivity contribution < 1.29 is 19.4 Å². The van der Waals surface area contributed by atoms with Gasteiger partial charge in [-0.05, 0) is 49.7 Å². The van der Waals surface area contributed by atoms with E-state index in [1.807, 2.05) is 13.8 Å². The molecule has 126 valence electrons. The summed E-state index contributed by atoms with van der Waals surface area (Å²) < 4.78 is 10.6. The van der Waals surface area contributed by atoms with Gasteiger partial charge in [-0.1, -0.05) is 12.1 Å². The third kappa shape index (κ3) is 4.49. The van der Waals surface area contributed by atoms with E-state index in [1.165, 1.54) is 19.4 Å². The molecule has 0 aliphatic rings. The molecule has 2 rings (SSSR count). The second-order valence-corrected chi connectivity index (χ2v) is 5.29. The van der Waals surface area contributed by atoms with Crippen LogP contribution < -0.4 is 14.9 Å². The van der Waals surface area contributed by atoms with Crippen molar-refractivity contribution in [2.45, 2.75) is 20.0 Å². The number of ether oxygens (including phenoxy) is 2. The molecular formula is C18H20N2O4. The molecule has 0 bridgehead atoms. The molecule has 0 saturated heterocycles. The summed E-state index contributed by atoms with van der Waals surface area (Å²) in [4.78, 5) is 12.2. The number of benzene rings is 2. The van der Waals surface area contributed by atoms with E-state index in [1.54, 1.807) is 36.4 Å². The van der Waals surface area contributed by atoms with Gasteiger partial charge in [0.2, 0.25) is 0 Å². The van der Waals surface area contributed by atoms with E-state index in [4.69, 9.17) is 9.47 Å². The highest BCUT2D eigenvalue weighted by Crippen LogP contribution is 2.25. The Labute approximate surface area is 140 Å². The van der Waals surface area contributed by atoms with Crippen molar-refractivity contribution in [3.8, 4) is 17.2 Å². The normalized spacial score (nSPS) is 10.8. The third-order valence-corrected chi connectivity index (χ3v) is 3.08. The van der Waals surface area contributed by atoms with Crippen molar-refractivity contribution in [2.24, 2.45) is 5.10 Å². The van der Waals surface area contributed by atoms with Gasteiger partial charge in [-0.3, -0.25) is 4.79 Å². The number of hydrogen-bond acceptors (Lipinski definition) is 5. The molecule has 0 radical (unpaired) electrons. The van der Waals surface area contributed by atoms with Crippen LogP contribution in [0.1, 0.15) is 29.8 Å². The van der Waals surface area contributed by atoms with Crippen LogP contribution >= 0.6 is 0 Å². The summed E-state index contributed by atoms with van der Waals surface area (Å²) in [7, 11) is 1.46. The van der Waals surface area contributed by atoms with Crippen LogP contribution in [-0.2, 0) is 0 Å². The molecule has 0 saturated carbocycles. The number of carbonyl (C=O) groups is 1. The Hall–Kier alpha value is -3.02. The molecule has 0 unspecified atom stereocenters. The highest BCUT2D eigenvalue weighted by atomic mass is 16.5. The number of methoxy groups -OCH3 is 1. The van der Waals surface area contributed by atoms with E-state index in [-0.39, 0.29) is 17.8 Å². The van der Waals surface area contributed by atoms with E-state index in [9.17, 15) is 9.90 Å². The molecule has 2 N–H and O–H groups in total. The zero-order chi connectivity index (χ0) is 17.5. The maximum atomic E-state index is 12.2. The lowest BCUT2D eigenvalue weighted by Crippen LogP contribution is -2.19. The Morgan fingerprint density at radius 3 is 2.67 bits per heavy atom. The van der Waals surface area contributed by atoms with Crippen molar-refractivity contribution >= 4 is 12.1 Å². The second-order valence-electron chi connectivity index (χ2n) is 5.29. The minimum Gasteiger partial charge on any atom is -0.504 e. The van der Waals surface area contributed by atoms with E-state index in [2.05, 4.69) is 10.5 Å². The van der Waals surface area contributed by atoms with Crippen LogP contribution in [0, 0.1) is 0 Å². The fourth-order valence-corrected chi connectivity index (χ4v) is 2.01. The number of para-hydroxylation sites is 1. The molecule has 0 aromatic heterocycles. The predicted molar refractivity (Wildman–Crippen MR) is 91.9 cm³/mol. The number of carbonyl (C=O) groups excluding carboxylic acids is 1. The highest BCUT2D eigenvalue weighted by Gasteiger charge is 2.12. The predicted octanol–water partition coefficient (Wildman–Crippen LogP) is 2.95. The topological polar surface area (TPSA) is 80.2 Å². The average molecular weight is 328 g/mol. The largest absolute Gasteiger partial charge is 0.504 e. The van der Waals surface area contributed by atoms with Gasteiger partial charge >= 0.3 is 0 Å². The first-order chi connectivity index (χ1) is 11.5. The molecule has 0 spiro atoms. The lowest BCUT2D eigenvalue weighted by molar-refractivity contribution is 0.0949. The van der Waals surface area contributed by atoms with Gasteiger partial charge in [0.15, 0.2) is 11.5 Å². The van der Waals surface area contributed by atoms with Crippen molar-refractivity contribution in [1.82, 2.24) is 5.43 Å². The zero-order valence-electron chi connectivity index (χ0n) is 13.8. The number of hydrogen-bond donors (Lipinski definition) is 2. The molecule has 0 heterocycles. The molecule has 0 atom stereocenters. The minimum absolute atomic E-state index is 0.0353. The number of phenols is 1. The number of amides is 1. The maximum Gasteiger partial charge on any atom is 0.275 e. The minimum atomic E-state index is -0.367. The van der Waals surface area contributed by atoms with E-state index >= 15 is 0 Å². The van der Waals surface area contributed by atoms with Gasteiger partial charge in [0, 0.05) is 0 Å². The monoisotopic (exact) mass is 328 g/mol. The zero-order valence-corrected chi connectivity index (χ0v) is 13.8. The first kappa shape index (κ1) is 17.3.